The molecule has 14 heavy (non-hydrogen) atoms. The zero-order valence-corrected chi connectivity index (χ0v) is 8.83. The zero-order valence-electron chi connectivity index (χ0n) is 8.83. The molecule has 0 spiro atoms. The van der Waals surface area contributed by atoms with Crippen LogP contribution in [0.2, 0.25) is 0 Å². The number of carbonyl (C=O) groups is 2. The molecule has 0 aromatic heterocycles. The summed E-state index contributed by atoms with van der Waals surface area (Å²) in [7, 11) is 0. The number of hydrogen-bond donors (Lipinski definition) is 0. The molecule has 0 aromatic carbocycles. The predicted octanol–water partition coefficient (Wildman–Crippen LogP) is 1.45. The lowest BCUT2D eigenvalue weighted by molar-refractivity contribution is -0.141. The van der Waals surface area contributed by atoms with Crippen LogP contribution in [0, 0.1) is 0 Å². The van der Waals surface area contributed by atoms with E-state index in [-0.39, 0.29) is 18.5 Å². The average Bonchev–Trinajstić information content (AvgIpc) is 2.02. The summed E-state index contributed by atoms with van der Waals surface area (Å²) in [6.07, 6.45) is 2.46. The van der Waals surface area contributed by atoms with Crippen LogP contribution in [0.25, 0.3) is 0 Å². The molecule has 0 fully saturated rings. The topological polar surface area (TPSA) is 52.6 Å². The lowest BCUT2D eigenvalue weighted by atomic mass is 10.2. The first-order valence-electron chi connectivity index (χ1n) is 4.44. The molecule has 0 rings (SSSR count). The summed E-state index contributed by atoms with van der Waals surface area (Å²) in [4.78, 5) is 20.8. The van der Waals surface area contributed by atoms with Gasteiger partial charge in [0, 0.05) is 20.3 Å². The maximum atomic E-state index is 10.4. The van der Waals surface area contributed by atoms with E-state index in [4.69, 9.17) is 9.47 Å². The van der Waals surface area contributed by atoms with Crippen LogP contribution in [-0.4, -0.2) is 25.2 Å². The van der Waals surface area contributed by atoms with Gasteiger partial charge in [0.2, 0.25) is 0 Å². The van der Waals surface area contributed by atoms with Crippen LogP contribution < -0.4 is 0 Å². The largest absolute Gasteiger partial charge is 0.466 e. The van der Waals surface area contributed by atoms with Crippen LogP contribution >= 0.6 is 0 Å². The standard InChI is InChI=1S/C10H16O4/c1-8(4-6-13-9(2)11)5-7-14-10(3)12/h4H,5-7H2,1-3H3/b8-4-. The van der Waals surface area contributed by atoms with E-state index in [2.05, 4.69) is 0 Å². The van der Waals surface area contributed by atoms with Crippen molar-refractivity contribution in [2.75, 3.05) is 13.2 Å². The summed E-state index contributed by atoms with van der Waals surface area (Å²) in [6, 6.07) is 0. The Labute approximate surface area is 83.9 Å². The van der Waals surface area contributed by atoms with E-state index in [1.807, 2.05) is 6.92 Å². The Balaban J connectivity index is 3.56. The predicted molar refractivity (Wildman–Crippen MR) is 51.6 cm³/mol. The maximum absolute atomic E-state index is 10.4. The van der Waals surface area contributed by atoms with Gasteiger partial charge in [0.25, 0.3) is 0 Å². The molecule has 0 aliphatic carbocycles. The van der Waals surface area contributed by atoms with Crippen molar-refractivity contribution in [2.45, 2.75) is 27.2 Å². The molecule has 0 heterocycles. The van der Waals surface area contributed by atoms with Gasteiger partial charge in [0.15, 0.2) is 0 Å². The van der Waals surface area contributed by atoms with Gasteiger partial charge in [-0.05, 0) is 13.0 Å². The van der Waals surface area contributed by atoms with Gasteiger partial charge in [-0.25, -0.2) is 0 Å². The molecule has 0 unspecified atom stereocenters. The van der Waals surface area contributed by atoms with Crippen LogP contribution in [0.15, 0.2) is 11.6 Å². The first-order chi connectivity index (χ1) is 6.52. The highest BCUT2D eigenvalue weighted by atomic mass is 16.5. The van der Waals surface area contributed by atoms with E-state index in [1.165, 1.54) is 13.8 Å². The van der Waals surface area contributed by atoms with E-state index in [1.54, 1.807) is 6.08 Å². The molecule has 0 aromatic rings. The Hall–Kier alpha value is -1.32. The molecule has 4 nitrogen and oxygen atoms in total. The fourth-order valence-electron chi connectivity index (χ4n) is 0.759. The molecular weight excluding hydrogens is 184 g/mol. The van der Waals surface area contributed by atoms with Gasteiger partial charge in [-0.1, -0.05) is 5.57 Å². The number of rotatable bonds is 5. The molecule has 0 amide bonds. The van der Waals surface area contributed by atoms with Gasteiger partial charge < -0.3 is 9.47 Å². The van der Waals surface area contributed by atoms with Crippen LogP contribution in [0.1, 0.15) is 27.2 Å². The molecule has 0 radical (unpaired) electrons. The van der Waals surface area contributed by atoms with Gasteiger partial charge in [0.1, 0.15) is 6.61 Å². The van der Waals surface area contributed by atoms with Gasteiger partial charge in [-0.3, -0.25) is 9.59 Å². The highest BCUT2D eigenvalue weighted by Gasteiger charge is 1.95. The Bertz CT molecular complexity index is 230. The summed E-state index contributed by atoms with van der Waals surface area (Å²) in [6.45, 7) is 5.28. The molecular formula is C10H16O4. The lowest BCUT2D eigenvalue weighted by Crippen LogP contribution is -2.02. The van der Waals surface area contributed by atoms with Crippen molar-refractivity contribution in [3.8, 4) is 0 Å². The van der Waals surface area contributed by atoms with Crippen molar-refractivity contribution in [3.63, 3.8) is 0 Å². The molecule has 0 aliphatic rings. The zero-order chi connectivity index (χ0) is 11.0. The maximum Gasteiger partial charge on any atom is 0.302 e. The molecule has 80 valence electrons. The summed E-state index contributed by atoms with van der Waals surface area (Å²) >= 11 is 0. The molecule has 0 atom stereocenters. The second kappa shape index (κ2) is 7.12. The third kappa shape index (κ3) is 8.77. The van der Waals surface area contributed by atoms with E-state index in [0.717, 1.165) is 5.57 Å². The van der Waals surface area contributed by atoms with Gasteiger partial charge in [0.05, 0.1) is 6.61 Å². The number of ether oxygens (including phenoxy) is 2. The first-order valence-corrected chi connectivity index (χ1v) is 4.44. The highest BCUT2D eigenvalue weighted by molar-refractivity contribution is 5.66. The molecule has 0 bridgehead atoms. The van der Waals surface area contributed by atoms with Gasteiger partial charge in [-0.15, -0.1) is 0 Å². The Morgan fingerprint density at radius 1 is 1.07 bits per heavy atom. The minimum atomic E-state index is -0.297. The highest BCUT2D eigenvalue weighted by Crippen LogP contribution is 2.00. The van der Waals surface area contributed by atoms with Crippen LogP contribution in [0.4, 0.5) is 0 Å². The van der Waals surface area contributed by atoms with E-state index in [9.17, 15) is 9.59 Å². The van der Waals surface area contributed by atoms with Crippen molar-refractivity contribution in [3.05, 3.63) is 11.6 Å². The Kier molecular flexibility index (Phi) is 6.45. The van der Waals surface area contributed by atoms with Crippen LogP contribution in [0.5, 0.6) is 0 Å². The molecule has 0 saturated carbocycles. The summed E-state index contributed by atoms with van der Waals surface area (Å²) in [5.74, 6) is -0.577. The fourth-order valence-corrected chi connectivity index (χ4v) is 0.759. The van der Waals surface area contributed by atoms with Crippen molar-refractivity contribution in [2.24, 2.45) is 0 Å². The van der Waals surface area contributed by atoms with Crippen LogP contribution in [0.3, 0.4) is 0 Å². The summed E-state index contributed by atoms with van der Waals surface area (Å²) in [5.41, 5.74) is 1.03. The molecule has 4 heteroatoms. The van der Waals surface area contributed by atoms with Crippen molar-refractivity contribution in [1.29, 1.82) is 0 Å². The fraction of sp³-hybridized carbons (Fsp3) is 0.600. The number of carbonyl (C=O) groups excluding carboxylic acids is 2. The minimum absolute atomic E-state index is 0.279. The Morgan fingerprint density at radius 2 is 1.64 bits per heavy atom. The minimum Gasteiger partial charge on any atom is -0.466 e. The SMILES string of the molecule is CC(=O)OC/C=C(/C)CCOC(C)=O. The third-order valence-electron chi connectivity index (χ3n) is 1.52. The van der Waals surface area contributed by atoms with Gasteiger partial charge >= 0.3 is 11.9 Å². The smallest absolute Gasteiger partial charge is 0.302 e. The first kappa shape index (κ1) is 12.7. The van der Waals surface area contributed by atoms with E-state index < -0.39 is 0 Å². The van der Waals surface area contributed by atoms with Crippen LogP contribution in [-0.2, 0) is 19.1 Å². The van der Waals surface area contributed by atoms with E-state index >= 15 is 0 Å². The summed E-state index contributed by atoms with van der Waals surface area (Å²) < 4.78 is 9.47. The van der Waals surface area contributed by atoms with Gasteiger partial charge in [-0.2, -0.15) is 0 Å². The second-order valence-electron chi connectivity index (χ2n) is 2.94. The van der Waals surface area contributed by atoms with Crippen molar-refractivity contribution >= 4 is 11.9 Å². The molecule has 0 saturated heterocycles. The van der Waals surface area contributed by atoms with E-state index in [0.29, 0.717) is 13.0 Å². The monoisotopic (exact) mass is 200 g/mol. The third-order valence-corrected chi connectivity index (χ3v) is 1.52. The number of esters is 2. The Morgan fingerprint density at radius 3 is 2.14 bits per heavy atom. The molecule has 0 aliphatic heterocycles. The lowest BCUT2D eigenvalue weighted by Gasteiger charge is -2.02. The quantitative estimate of drug-likeness (QED) is 0.498. The second-order valence-corrected chi connectivity index (χ2v) is 2.94. The van der Waals surface area contributed by atoms with Crippen molar-refractivity contribution in [1.82, 2.24) is 0 Å². The normalized spacial score (nSPS) is 10.9. The number of hydrogen-bond acceptors (Lipinski definition) is 4. The molecule has 0 N–H and O–H groups in total. The average molecular weight is 200 g/mol. The summed E-state index contributed by atoms with van der Waals surface area (Å²) in [5, 5.41) is 0. The van der Waals surface area contributed by atoms with Crippen molar-refractivity contribution < 1.29 is 19.1 Å².